The molecule has 3 nitrogen and oxygen atoms in total. The van der Waals surface area contributed by atoms with E-state index in [9.17, 15) is 4.79 Å². The first-order chi connectivity index (χ1) is 10.1. The third-order valence-electron chi connectivity index (χ3n) is 3.10. The zero-order valence-electron chi connectivity index (χ0n) is 12.6. The standard InChI is InChI=1S/C17H20N2OS/c1-4-9-18-16(20)14-6-5-10-19-17(14)21-15-11-12(2)7-8-13(15)3/h5-8,10-11H,4,9H2,1-3H3,(H,18,20). The van der Waals surface area contributed by atoms with Crippen LogP contribution in [-0.2, 0) is 0 Å². The van der Waals surface area contributed by atoms with E-state index in [0.29, 0.717) is 12.1 Å². The van der Waals surface area contributed by atoms with E-state index in [2.05, 4.69) is 42.3 Å². The monoisotopic (exact) mass is 300 g/mol. The van der Waals surface area contributed by atoms with Gasteiger partial charge in [0, 0.05) is 17.6 Å². The Labute approximate surface area is 130 Å². The van der Waals surface area contributed by atoms with E-state index in [1.165, 1.54) is 11.1 Å². The van der Waals surface area contributed by atoms with Gasteiger partial charge in [0.1, 0.15) is 5.03 Å². The summed E-state index contributed by atoms with van der Waals surface area (Å²) in [6.07, 6.45) is 2.65. The van der Waals surface area contributed by atoms with Crippen molar-refractivity contribution in [2.45, 2.75) is 37.1 Å². The van der Waals surface area contributed by atoms with E-state index in [4.69, 9.17) is 0 Å². The molecule has 110 valence electrons. The van der Waals surface area contributed by atoms with Crippen LogP contribution in [0.25, 0.3) is 0 Å². The Morgan fingerprint density at radius 3 is 2.86 bits per heavy atom. The lowest BCUT2D eigenvalue weighted by atomic mass is 10.2. The fourth-order valence-electron chi connectivity index (χ4n) is 1.90. The maximum Gasteiger partial charge on any atom is 0.254 e. The zero-order chi connectivity index (χ0) is 15.2. The minimum Gasteiger partial charge on any atom is -0.352 e. The smallest absolute Gasteiger partial charge is 0.254 e. The number of nitrogens with zero attached hydrogens (tertiary/aromatic N) is 1. The summed E-state index contributed by atoms with van der Waals surface area (Å²) in [7, 11) is 0. The van der Waals surface area contributed by atoms with Crippen LogP contribution in [0.1, 0.15) is 34.8 Å². The van der Waals surface area contributed by atoms with Crippen LogP contribution in [-0.4, -0.2) is 17.4 Å². The molecule has 1 aromatic heterocycles. The number of aryl methyl sites for hydroxylation is 2. The number of aromatic nitrogens is 1. The topological polar surface area (TPSA) is 42.0 Å². The van der Waals surface area contributed by atoms with E-state index in [1.54, 1.807) is 24.0 Å². The van der Waals surface area contributed by atoms with Gasteiger partial charge in [-0.2, -0.15) is 0 Å². The van der Waals surface area contributed by atoms with E-state index in [0.717, 1.165) is 16.3 Å². The second-order valence-electron chi connectivity index (χ2n) is 4.98. The molecule has 0 aliphatic rings. The van der Waals surface area contributed by atoms with Crippen molar-refractivity contribution in [3.05, 3.63) is 53.2 Å². The molecular weight excluding hydrogens is 280 g/mol. The van der Waals surface area contributed by atoms with E-state index < -0.39 is 0 Å². The first kappa shape index (κ1) is 15.6. The molecule has 2 aromatic rings. The highest BCUT2D eigenvalue weighted by Gasteiger charge is 2.13. The Hall–Kier alpha value is -1.81. The van der Waals surface area contributed by atoms with Crippen LogP contribution >= 0.6 is 11.8 Å². The summed E-state index contributed by atoms with van der Waals surface area (Å²) in [6, 6.07) is 9.94. The number of rotatable bonds is 5. The van der Waals surface area contributed by atoms with Crippen LogP contribution in [0.2, 0.25) is 0 Å². The predicted octanol–water partition coefficient (Wildman–Crippen LogP) is 3.99. The molecule has 1 N–H and O–H groups in total. The fraction of sp³-hybridized carbons (Fsp3) is 0.294. The van der Waals surface area contributed by atoms with Gasteiger partial charge in [-0.1, -0.05) is 30.8 Å². The largest absolute Gasteiger partial charge is 0.352 e. The van der Waals surface area contributed by atoms with E-state index >= 15 is 0 Å². The van der Waals surface area contributed by atoms with Crippen LogP contribution < -0.4 is 5.32 Å². The van der Waals surface area contributed by atoms with Gasteiger partial charge in [0.05, 0.1) is 5.56 Å². The Morgan fingerprint density at radius 2 is 2.10 bits per heavy atom. The predicted molar refractivity (Wildman–Crippen MR) is 86.9 cm³/mol. The van der Waals surface area contributed by atoms with Crippen LogP contribution in [0.3, 0.4) is 0 Å². The van der Waals surface area contributed by atoms with Crippen molar-refractivity contribution < 1.29 is 4.79 Å². The van der Waals surface area contributed by atoms with Gasteiger partial charge < -0.3 is 5.32 Å². The molecule has 1 heterocycles. The van der Waals surface area contributed by atoms with Crippen LogP contribution in [0.4, 0.5) is 0 Å². The zero-order valence-corrected chi connectivity index (χ0v) is 13.5. The third kappa shape index (κ3) is 4.08. The lowest BCUT2D eigenvalue weighted by Gasteiger charge is -2.10. The lowest BCUT2D eigenvalue weighted by Crippen LogP contribution is -2.24. The highest BCUT2D eigenvalue weighted by molar-refractivity contribution is 7.99. The minimum atomic E-state index is -0.0576. The molecule has 0 saturated carbocycles. The second kappa shape index (κ2) is 7.27. The number of amides is 1. The summed E-state index contributed by atoms with van der Waals surface area (Å²) in [4.78, 5) is 17.7. The third-order valence-corrected chi connectivity index (χ3v) is 4.28. The number of pyridine rings is 1. The van der Waals surface area contributed by atoms with Crippen LogP contribution in [0, 0.1) is 13.8 Å². The van der Waals surface area contributed by atoms with Gasteiger partial charge in [-0.3, -0.25) is 4.79 Å². The van der Waals surface area contributed by atoms with Crippen LogP contribution in [0.15, 0.2) is 46.5 Å². The molecule has 4 heteroatoms. The molecule has 0 spiro atoms. The molecule has 0 atom stereocenters. The summed E-state index contributed by atoms with van der Waals surface area (Å²) in [5.41, 5.74) is 3.03. The van der Waals surface area contributed by atoms with Gasteiger partial charge in [0.25, 0.3) is 5.91 Å². The maximum atomic E-state index is 12.2. The van der Waals surface area contributed by atoms with Gasteiger partial charge in [0.15, 0.2) is 0 Å². The van der Waals surface area contributed by atoms with E-state index in [-0.39, 0.29) is 5.91 Å². The maximum absolute atomic E-state index is 12.2. The molecule has 1 aromatic carbocycles. The Balaban J connectivity index is 2.28. The molecule has 0 saturated heterocycles. The minimum absolute atomic E-state index is 0.0576. The van der Waals surface area contributed by atoms with Crippen molar-refractivity contribution in [1.82, 2.24) is 10.3 Å². The Morgan fingerprint density at radius 1 is 1.29 bits per heavy atom. The number of carbonyl (C=O) groups excluding carboxylic acids is 1. The molecular formula is C17H20N2OS. The summed E-state index contributed by atoms with van der Waals surface area (Å²) >= 11 is 1.54. The molecule has 21 heavy (non-hydrogen) atoms. The van der Waals surface area contributed by atoms with Crippen molar-refractivity contribution in [2.75, 3.05) is 6.54 Å². The molecule has 0 aliphatic carbocycles. The summed E-state index contributed by atoms with van der Waals surface area (Å²) in [6.45, 7) is 6.86. The Kier molecular flexibility index (Phi) is 5.39. The highest BCUT2D eigenvalue weighted by Crippen LogP contribution is 2.31. The Bertz CT molecular complexity index is 640. The number of hydrogen-bond acceptors (Lipinski definition) is 3. The van der Waals surface area contributed by atoms with Crippen molar-refractivity contribution in [3.8, 4) is 0 Å². The second-order valence-corrected chi connectivity index (χ2v) is 6.01. The average Bonchev–Trinajstić information content (AvgIpc) is 2.49. The molecule has 0 unspecified atom stereocenters. The average molecular weight is 300 g/mol. The van der Waals surface area contributed by atoms with Gasteiger partial charge in [-0.05, 0) is 49.6 Å². The first-order valence-corrected chi connectivity index (χ1v) is 7.91. The highest BCUT2D eigenvalue weighted by atomic mass is 32.2. The fourth-order valence-corrected chi connectivity index (χ4v) is 2.97. The van der Waals surface area contributed by atoms with Gasteiger partial charge in [-0.15, -0.1) is 0 Å². The number of carbonyl (C=O) groups is 1. The van der Waals surface area contributed by atoms with Crippen LogP contribution in [0.5, 0.6) is 0 Å². The molecule has 0 aliphatic heterocycles. The summed E-state index contributed by atoms with van der Waals surface area (Å²) in [5, 5.41) is 3.66. The summed E-state index contributed by atoms with van der Waals surface area (Å²) < 4.78 is 0. The van der Waals surface area contributed by atoms with Gasteiger partial charge in [0.2, 0.25) is 0 Å². The van der Waals surface area contributed by atoms with E-state index in [1.807, 2.05) is 13.0 Å². The lowest BCUT2D eigenvalue weighted by molar-refractivity contribution is 0.0950. The number of nitrogens with one attached hydrogen (secondary N) is 1. The first-order valence-electron chi connectivity index (χ1n) is 7.10. The van der Waals surface area contributed by atoms with Crippen molar-refractivity contribution in [2.24, 2.45) is 0 Å². The molecule has 1 amide bonds. The van der Waals surface area contributed by atoms with Crippen molar-refractivity contribution >= 4 is 17.7 Å². The van der Waals surface area contributed by atoms with Gasteiger partial charge in [-0.25, -0.2) is 4.98 Å². The quantitative estimate of drug-likeness (QED) is 0.908. The number of hydrogen-bond donors (Lipinski definition) is 1. The normalized spacial score (nSPS) is 10.4. The molecule has 0 fully saturated rings. The SMILES string of the molecule is CCCNC(=O)c1cccnc1Sc1cc(C)ccc1C. The number of benzene rings is 1. The molecule has 0 radical (unpaired) electrons. The molecule has 0 bridgehead atoms. The van der Waals surface area contributed by atoms with Crippen molar-refractivity contribution in [3.63, 3.8) is 0 Å². The van der Waals surface area contributed by atoms with Crippen molar-refractivity contribution in [1.29, 1.82) is 0 Å². The molecule has 2 rings (SSSR count). The summed E-state index contributed by atoms with van der Waals surface area (Å²) in [5.74, 6) is -0.0576. The van der Waals surface area contributed by atoms with Gasteiger partial charge >= 0.3 is 0 Å².